The zero-order valence-electron chi connectivity index (χ0n) is 19.8. The van der Waals surface area contributed by atoms with Gasteiger partial charge < -0.3 is 9.47 Å². The lowest BCUT2D eigenvalue weighted by Crippen LogP contribution is -2.57. The lowest BCUT2D eigenvalue weighted by atomic mass is 9.44. The van der Waals surface area contributed by atoms with Crippen LogP contribution >= 0.6 is 0 Å². The smallest absolute Gasteiger partial charge is 0.171 e. The van der Waals surface area contributed by atoms with Crippen molar-refractivity contribution in [2.75, 3.05) is 6.61 Å². The van der Waals surface area contributed by atoms with Crippen LogP contribution in [0.3, 0.4) is 0 Å². The second-order valence-corrected chi connectivity index (χ2v) is 12.9. The molecule has 4 heteroatoms. The maximum absolute atomic E-state index is 13.3. The van der Waals surface area contributed by atoms with Gasteiger partial charge in [-0.25, -0.2) is 0 Å². The van der Waals surface area contributed by atoms with Crippen LogP contribution in [0.15, 0.2) is 0 Å². The predicted molar refractivity (Wildman–Crippen MR) is 117 cm³/mol. The van der Waals surface area contributed by atoms with Gasteiger partial charge >= 0.3 is 0 Å². The van der Waals surface area contributed by atoms with Crippen LogP contribution in [0.2, 0.25) is 0 Å². The van der Waals surface area contributed by atoms with Crippen molar-refractivity contribution < 1.29 is 19.1 Å². The molecular formula is C27H40O4. The van der Waals surface area contributed by atoms with Crippen LogP contribution < -0.4 is 0 Å². The minimum atomic E-state index is -0.365. The van der Waals surface area contributed by atoms with Crippen molar-refractivity contribution in [3.63, 3.8) is 0 Å². The molecule has 11 atom stereocenters. The normalized spacial score (nSPS) is 58.6. The van der Waals surface area contributed by atoms with E-state index in [-0.39, 0.29) is 28.6 Å². The van der Waals surface area contributed by atoms with E-state index in [0.717, 1.165) is 25.9 Å². The first kappa shape index (κ1) is 20.8. The molecule has 0 aromatic carbocycles. The van der Waals surface area contributed by atoms with Gasteiger partial charge in [0, 0.05) is 37.5 Å². The Morgan fingerprint density at radius 1 is 0.935 bits per heavy atom. The van der Waals surface area contributed by atoms with E-state index in [4.69, 9.17) is 9.47 Å². The van der Waals surface area contributed by atoms with Crippen molar-refractivity contribution >= 4 is 11.6 Å². The third-order valence-corrected chi connectivity index (χ3v) is 11.5. The molecule has 4 saturated carbocycles. The van der Waals surface area contributed by atoms with Crippen LogP contribution in [0.1, 0.15) is 85.5 Å². The summed E-state index contributed by atoms with van der Waals surface area (Å²) in [6.45, 7) is 10.4. The molecule has 31 heavy (non-hydrogen) atoms. The fourth-order valence-corrected chi connectivity index (χ4v) is 9.85. The van der Waals surface area contributed by atoms with Crippen LogP contribution in [0, 0.1) is 52.3 Å². The van der Waals surface area contributed by atoms with Gasteiger partial charge in [0.15, 0.2) is 5.79 Å². The van der Waals surface area contributed by atoms with Gasteiger partial charge in [-0.15, -0.1) is 0 Å². The van der Waals surface area contributed by atoms with Crippen LogP contribution in [0.4, 0.5) is 0 Å². The fraction of sp³-hybridized carbons (Fsp3) is 0.926. The number of fused-ring (bicyclic) bond motifs is 7. The summed E-state index contributed by atoms with van der Waals surface area (Å²) in [4.78, 5) is 25.5. The van der Waals surface area contributed by atoms with Crippen molar-refractivity contribution in [1.29, 1.82) is 0 Å². The van der Waals surface area contributed by atoms with Gasteiger partial charge in [-0.3, -0.25) is 9.59 Å². The van der Waals surface area contributed by atoms with Crippen molar-refractivity contribution in [2.45, 2.75) is 97.4 Å². The van der Waals surface area contributed by atoms with E-state index in [9.17, 15) is 9.59 Å². The van der Waals surface area contributed by atoms with E-state index in [2.05, 4.69) is 27.7 Å². The zero-order valence-corrected chi connectivity index (χ0v) is 19.8. The van der Waals surface area contributed by atoms with Crippen molar-refractivity contribution in [3.8, 4) is 0 Å². The van der Waals surface area contributed by atoms with Crippen molar-refractivity contribution in [1.82, 2.24) is 0 Å². The van der Waals surface area contributed by atoms with E-state index < -0.39 is 0 Å². The highest BCUT2D eigenvalue weighted by Crippen LogP contribution is 2.70. The quantitative estimate of drug-likeness (QED) is 0.533. The predicted octanol–water partition coefficient (Wildman–Crippen LogP) is 5.18. The van der Waals surface area contributed by atoms with E-state index in [1.165, 1.54) is 19.3 Å². The second-order valence-electron chi connectivity index (χ2n) is 12.9. The third-order valence-electron chi connectivity index (χ3n) is 11.5. The van der Waals surface area contributed by atoms with E-state index in [1.807, 2.05) is 0 Å². The molecule has 6 rings (SSSR count). The summed E-state index contributed by atoms with van der Waals surface area (Å²) in [6.07, 6.45) is 8.86. The molecule has 4 nitrogen and oxygen atoms in total. The molecule has 0 aromatic heterocycles. The number of ketones is 2. The Labute approximate surface area is 187 Å². The third kappa shape index (κ3) is 2.67. The first-order chi connectivity index (χ1) is 14.7. The molecule has 0 aromatic rings. The number of rotatable bonds is 0. The average molecular weight is 429 g/mol. The SMILES string of the molecule is C[C@@H]1CC[C@@]2(OC1)O[C@H]1C[C@H]3[C@@H]4CC(=O)[C@H]5CC(=O)CC[C@]5(C)[C@H]4CC[C@]3(C)[C@H]1[C@@H]2C. The summed E-state index contributed by atoms with van der Waals surface area (Å²) >= 11 is 0. The summed E-state index contributed by atoms with van der Waals surface area (Å²) in [5.41, 5.74) is 0.276. The first-order valence-corrected chi connectivity index (χ1v) is 13.0. The molecule has 0 N–H and O–H groups in total. The maximum Gasteiger partial charge on any atom is 0.171 e. The fourth-order valence-electron chi connectivity index (χ4n) is 9.85. The molecule has 6 fully saturated rings. The Balaban J connectivity index is 1.29. The highest BCUT2D eigenvalue weighted by atomic mass is 16.7. The maximum atomic E-state index is 13.3. The highest BCUT2D eigenvalue weighted by molar-refractivity contribution is 5.90. The molecule has 6 aliphatic rings. The summed E-state index contributed by atoms with van der Waals surface area (Å²) in [6, 6.07) is 0. The Bertz CT molecular complexity index is 797. The number of Topliss-reactive ketones (excluding diaryl/α,β-unsaturated/α-hetero) is 2. The van der Waals surface area contributed by atoms with Gasteiger partial charge in [-0.1, -0.05) is 27.7 Å². The number of hydrogen-bond donors (Lipinski definition) is 0. The largest absolute Gasteiger partial charge is 0.349 e. The van der Waals surface area contributed by atoms with Crippen molar-refractivity contribution in [2.24, 2.45) is 52.3 Å². The molecule has 2 heterocycles. The van der Waals surface area contributed by atoms with E-state index >= 15 is 0 Å². The minimum Gasteiger partial charge on any atom is -0.349 e. The highest BCUT2D eigenvalue weighted by Gasteiger charge is 2.69. The molecule has 172 valence electrons. The Morgan fingerprint density at radius 2 is 1.74 bits per heavy atom. The summed E-state index contributed by atoms with van der Waals surface area (Å²) in [5, 5.41) is 0. The number of carbonyl (C=O) groups is 2. The van der Waals surface area contributed by atoms with Gasteiger partial charge in [-0.05, 0) is 72.5 Å². The Morgan fingerprint density at radius 3 is 2.48 bits per heavy atom. The van der Waals surface area contributed by atoms with Gasteiger partial charge in [-0.2, -0.15) is 0 Å². The first-order valence-electron chi connectivity index (χ1n) is 13.0. The lowest BCUT2D eigenvalue weighted by Gasteiger charge is -2.59. The topological polar surface area (TPSA) is 52.6 Å². The van der Waals surface area contributed by atoms with Crippen molar-refractivity contribution in [3.05, 3.63) is 0 Å². The molecular weight excluding hydrogens is 388 g/mol. The van der Waals surface area contributed by atoms with Gasteiger partial charge in [0.25, 0.3) is 0 Å². The Hall–Kier alpha value is -0.740. The molecule has 0 bridgehead atoms. The molecule has 0 unspecified atom stereocenters. The van der Waals surface area contributed by atoms with Crippen LogP contribution in [-0.4, -0.2) is 30.1 Å². The van der Waals surface area contributed by atoms with E-state index in [1.54, 1.807) is 0 Å². The number of carbonyl (C=O) groups excluding carboxylic acids is 2. The van der Waals surface area contributed by atoms with Gasteiger partial charge in [0.1, 0.15) is 11.6 Å². The van der Waals surface area contributed by atoms with Crippen LogP contribution in [0.25, 0.3) is 0 Å². The number of ether oxygens (including phenoxy) is 2. The van der Waals surface area contributed by atoms with Gasteiger partial charge in [0.05, 0.1) is 12.7 Å². The molecule has 2 saturated heterocycles. The second kappa shape index (κ2) is 6.65. The monoisotopic (exact) mass is 428 g/mol. The van der Waals surface area contributed by atoms with Gasteiger partial charge in [0.2, 0.25) is 0 Å². The Kier molecular flexibility index (Phi) is 4.47. The molecule has 1 spiro atoms. The lowest BCUT2D eigenvalue weighted by molar-refractivity contribution is -0.273. The average Bonchev–Trinajstić information content (AvgIpc) is 3.17. The zero-order chi connectivity index (χ0) is 21.8. The standard InChI is InChI=1S/C27H40O4/c1-15-5-10-27(30-14-15)16(2)24-23(31-27)13-20-18-12-22(29)21-11-17(28)6-8-25(21,3)19(18)7-9-26(20,24)4/h15-16,18-21,23-24H,5-14H2,1-4H3/t15-,16+,18-,19+,20+,21-,23+,24+,25-,26+,27-/m1/s1. The minimum absolute atomic E-state index is 0.0173. The van der Waals surface area contributed by atoms with Crippen LogP contribution in [-0.2, 0) is 19.1 Å². The van der Waals surface area contributed by atoms with E-state index in [0.29, 0.717) is 66.3 Å². The van der Waals surface area contributed by atoms with Crippen LogP contribution in [0.5, 0.6) is 0 Å². The summed E-state index contributed by atoms with van der Waals surface area (Å²) < 4.78 is 13.3. The summed E-state index contributed by atoms with van der Waals surface area (Å²) in [7, 11) is 0. The molecule has 0 radical (unpaired) electrons. The summed E-state index contributed by atoms with van der Waals surface area (Å²) in [5.74, 6) is 3.54. The molecule has 4 aliphatic carbocycles. The molecule has 0 amide bonds. The number of hydrogen-bond acceptors (Lipinski definition) is 4. The molecule has 2 aliphatic heterocycles.